The number of Topliss-reactive ketones (excluding diaryl/α,β-unsaturated/α-hetero) is 1. The van der Waals surface area contributed by atoms with Gasteiger partial charge in [-0.05, 0) is 50.2 Å². The Hall–Kier alpha value is -1.18. The molecule has 0 N–H and O–H groups in total. The first-order chi connectivity index (χ1) is 8.47. The quantitative estimate of drug-likeness (QED) is 0.709. The van der Waals surface area contributed by atoms with Gasteiger partial charge in [-0.25, -0.2) is 4.39 Å². The average Bonchev–Trinajstić information content (AvgIpc) is 2.30. The van der Waals surface area contributed by atoms with Gasteiger partial charge in [0.15, 0.2) is 5.78 Å². The van der Waals surface area contributed by atoms with Gasteiger partial charge in [-0.3, -0.25) is 4.79 Å². The van der Waals surface area contributed by atoms with E-state index in [4.69, 9.17) is 0 Å². The third-order valence-electron chi connectivity index (χ3n) is 3.94. The Morgan fingerprint density at radius 2 is 1.78 bits per heavy atom. The fourth-order valence-corrected chi connectivity index (χ4v) is 3.21. The van der Waals surface area contributed by atoms with E-state index >= 15 is 0 Å². The first-order valence-corrected chi connectivity index (χ1v) is 6.77. The van der Waals surface area contributed by atoms with Crippen LogP contribution in [0.2, 0.25) is 0 Å². The molecule has 2 unspecified atom stereocenters. The van der Waals surface area contributed by atoms with Crippen molar-refractivity contribution in [3.63, 3.8) is 0 Å². The van der Waals surface area contributed by atoms with Crippen LogP contribution >= 0.6 is 0 Å². The Bertz CT molecular complexity index is 442. The van der Waals surface area contributed by atoms with E-state index in [-0.39, 0.29) is 23.1 Å². The number of carbonyl (C=O) groups excluding carboxylic acids is 1. The molecule has 0 saturated heterocycles. The SMILES string of the molecule is Cc1ccc(F)c(C(=O)C2CC(C)CC(C)C2)c1. The molecule has 1 aromatic rings. The molecule has 1 aliphatic rings. The average molecular weight is 248 g/mol. The molecule has 0 aromatic heterocycles. The van der Waals surface area contributed by atoms with Crippen molar-refractivity contribution in [3.05, 3.63) is 35.1 Å². The van der Waals surface area contributed by atoms with Gasteiger partial charge >= 0.3 is 0 Å². The summed E-state index contributed by atoms with van der Waals surface area (Å²) in [6.07, 6.45) is 2.98. The smallest absolute Gasteiger partial charge is 0.168 e. The van der Waals surface area contributed by atoms with Crippen molar-refractivity contribution < 1.29 is 9.18 Å². The number of aryl methyl sites for hydroxylation is 1. The van der Waals surface area contributed by atoms with Crippen LogP contribution in [0.25, 0.3) is 0 Å². The molecular formula is C16H21FO. The Morgan fingerprint density at radius 1 is 1.17 bits per heavy atom. The monoisotopic (exact) mass is 248 g/mol. The lowest BCUT2D eigenvalue weighted by Crippen LogP contribution is -2.26. The molecule has 0 spiro atoms. The topological polar surface area (TPSA) is 17.1 Å². The van der Waals surface area contributed by atoms with E-state index in [0.29, 0.717) is 11.8 Å². The summed E-state index contributed by atoms with van der Waals surface area (Å²) in [5.41, 5.74) is 1.22. The Morgan fingerprint density at radius 3 is 2.39 bits per heavy atom. The van der Waals surface area contributed by atoms with Gasteiger partial charge in [0.1, 0.15) is 5.82 Å². The predicted molar refractivity (Wildman–Crippen MR) is 71.1 cm³/mol. The minimum Gasteiger partial charge on any atom is -0.294 e. The minimum atomic E-state index is -0.378. The van der Waals surface area contributed by atoms with Gasteiger partial charge in [-0.2, -0.15) is 0 Å². The van der Waals surface area contributed by atoms with Gasteiger partial charge in [0, 0.05) is 5.92 Å². The molecule has 1 aliphatic carbocycles. The number of benzene rings is 1. The largest absolute Gasteiger partial charge is 0.294 e. The normalized spacial score (nSPS) is 28.1. The zero-order chi connectivity index (χ0) is 13.3. The first kappa shape index (κ1) is 13.3. The van der Waals surface area contributed by atoms with Gasteiger partial charge in [0.2, 0.25) is 0 Å². The summed E-state index contributed by atoms with van der Waals surface area (Å²) in [6.45, 7) is 6.26. The van der Waals surface area contributed by atoms with Crippen molar-refractivity contribution in [2.24, 2.45) is 17.8 Å². The highest BCUT2D eigenvalue weighted by molar-refractivity contribution is 5.98. The third kappa shape index (κ3) is 2.80. The molecule has 2 heteroatoms. The van der Waals surface area contributed by atoms with E-state index in [1.54, 1.807) is 12.1 Å². The molecule has 1 nitrogen and oxygen atoms in total. The van der Waals surface area contributed by atoms with Crippen LogP contribution in [0.5, 0.6) is 0 Å². The van der Waals surface area contributed by atoms with Crippen molar-refractivity contribution >= 4 is 5.78 Å². The second-order valence-corrected chi connectivity index (χ2v) is 5.96. The molecule has 0 bridgehead atoms. The van der Waals surface area contributed by atoms with Gasteiger partial charge in [-0.1, -0.05) is 25.5 Å². The maximum absolute atomic E-state index is 13.7. The van der Waals surface area contributed by atoms with Crippen LogP contribution in [0, 0.1) is 30.5 Å². The molecular weight excluding hydrogens is 227 g/mol. The summed E-state index contributed by atoms with van der Waals surface area (Å²) >= 11 is 0. The molecule has 0 heterocycles. The highest BCUT2D eigenvalue weighted by Crippen LogP contribution is 2.35. The highest BCUT2D eigenvalue weighted by atomic mass is 19.1. The Labute approximate surface area is 108 Å². The van der Waals surface area contributed by atoms with Crippen LogP contribution in [0.1, 0.15) is 49.0 Å². The van der Waals surface area contributed by atoms with Crippen molar-refractivity contribution in [1.82, 2.24) is 0 Å². The number of rotatable bonds is 2. The number of carbonyl (C=O) groups is 1. The zero-order valence-electron chi connectivity index (χ0n) is 11.4. The highest BCUT2D eigenvalue weighted by Gasteiger charge is 2.30. The molecule has 98 valence electrons. The standard InChI is InChI=1S/C16H21FO/c1-10-4-5-15(17)14(9-10)16(18)13-7-11(2)6-12(3)8-13/h4-5,9,11-13H,6-8H2,1-3H3. The molecule has 0 radical (unpaired) electrons. The van der Waals surface area contributed by atoms with Crippen molar-refractivity contribution in [2.75, 3.05) is 0 Å². The van der Waals surface area contributed by atoms with Crippen LogP contribution in [0.4, 0.5) is 4.39 Å². The molecule has 1 saturated carbocycles. The van der Waals surface area contributed by atoms with E-state index in [0.717, 1.165) is 18.4 Å². The van der Waals surface area contributed by atoms with Crippen molar-refractivity contribution in [3.8, 4) is 0 Å². The summed E-state index contributed by atoms with van der Waals surface area (Å²) in [7, 11) is 0. The number of hydrogen-bond acceptors (Lipinski definition) is 1. The van der Waals surface area contributed by atoms with Crippen molar-refractivity contribution in [2.45, 2.75) is 40.0 Å². The van der Waals surface area contributed by atoms with Gasteiger partial charge < -0.3 is 0 Å². The van der Waals surface area contributed by atoms with Gasteiger partial charge in [0.05, 0.1) is 5.56 Å². The van der Waals surface area contributed by atoms with E-state index < -0.39 is 0 Å². The lowest BCUT2D eigenvalue weighted by Gasteiger charge is -2.30. The Balaban J connectivity index is 2.22. The predicted octanol–water partition coefficient (Wildman–Crippen LogP) is 4.39. The molecule has 18 heavy (non-hydrogen) atoms. The molecule has 2 atom stereocenters. The van der Waals surface area contributed by atoms with E-state index in [1.807, 2.05) is 6.92 Å². The molecule has 1 aromatic carbocycles. The second-order valence-electron chi connectivity index (χ2n) is 5.96. The summed E-state index contributed by atoms with van der Waals surface area (Å²) in [4.78, 5) is 12.4. The first-order valence-electron chi connectivity index (χ1n) is 6.77. The fraction of sp³-hybridized carbons (Fsp3) is 0.562. The molecule has 2 rings (SSSR count). The summed E-state index contributed by atoms with van der Waals surface area (Å²) < 4.78 is 13.7. The maximum Gasteiger partial charge on any atom is 0.168 e. The lowest BCUT2D eigenvalue weighted by molar-refractivity contribution is 0.0831. The second kappa shape index (κ2) is 5.21. The van der Waals surface area contributed by atoms with Crippen LogP contribution in [0.3, 0.4) is 0 Å². The minimum absolute atomic E-state index is 0.0000463. The Kier molecular flexibility index (Phi) is 3.84. The van der Waals surface area contributed by atoms with E-state index in [2.05, 4.69) is 13.8 Å². The van der Waals surface area contributed by atoms with Crippen LogP contribution < -0.4 is 0 Å². The van der Waals surface area contributed by atoms with E-state index in [1.165, 1.54) is 12.5 Å². The molecule has 1 fully saturated rings. The maximum atomic E-state index is 13.7. The summed E-state index contributed by atoms with van der Waals surface area (Å²) in [5, 5.41) is 0. The zero-order valence-corrected chi connectivity index (χ0v) is 11.4. The number of hydrogen-bond donors (Lipinski definition) is 0. The summed E-state index contributed by atoms with van der Waals surface area (Å²) in [5.74, 6) is 0.747. The molecule has 0 amide bonds. The third-order valence-corrected chi connectivity index (χ3v) is 3.94. The van der Waals surface area contributed by atoms with Crippen LogP contribution in [-0.2, 0) is 0 Å². The van der Waals surface area contributed by atoms with Gasteiger partial charge in [-0.15, -0.1) is 0 Å². The molecule has 0 aliphatic heterocycles. The number of halogens is 1. The number of ketones is 1. The fourth-order valence-electron chi connectivity index (χ4n) is 3.21. The summed E-state index contributed by atoms with van der Waals surface area (Å²) in [6, 6.07) is 4.79. The van der Waals surface area contributed by atoms with Crippen LogP contribution in [0.15, 0.2) is 18.2 Å². The van der Waals surface area contributed by atoms with Gasteiger partial charge in [0.25, 0.3) is 0 Å². The van der Waals surface area contributed by atoms with Crippen molar-refractivity contribution in [1.29, 1.82) is 0 Å². The van der Waals surface area contributed by atoms with E-state index in [9.17, 15) is 9.18 Å². The lowest BCUT2D eigenvalue weighted by atomic mass is 9.74. The van der Waals surface area contributed by atoms with Crippen LogP contribution in [-0.4, -0.2) is 5.78 Å².